The normalized spacial score (nSPS) is 9.20. The van der Waals surface area contributed by atoms with Crippen molar-refractivity contribution in [2.45, 2.75) is 65.2 Å². The molecule has 0 aromatic rings. The Bertz CT molecular complexity index is 84.0. The van der Waals surface area contributed by atoms with E-state index in [4.69, 9.17) is 33.2 Å². The molecule has 0 bridgehead atoms. The van der Waals surface area contributed by atoms with E-state index in [1.165, 1.54) is 51.4 Å². The second-order valence-corrected chi connectivity index (χ2v) is 9.80. The molecule has 0 heterocycles. The molecular weight excluding hydrogens is 274 g/mol. The molecule has 96 valence electrons. The molecule has 15 heavy (non-hydrogen) atoms. The molecule has 0 saturated carbocycles. The van der Waals surface area contributed by atoms with Crippen LogP contribution >= 0.6 is 33.2 Å². The molecule has 0 aromatic heterocycles. The first-order valence-corrected chi connectivity index (χ1v) is 10.8. The van der Waals surface area contributed by atoms with Crippen LogP contribution in [0, 0.1) is 0 Å². The zero-order valence-corrected chi connectivity index (χ0v) is 13.2. The molecule has 0 spiro atoms. The summed E-state index contributed by atoms with van der Waals surface area (Å²) in [6.07, 6.45) is 11.5. The highest BCUT2D eigenvalue weighted by atomic mass is 35.8. The summed E-state index contributed by atoms with van der Waals surface area (Å²) in [4.78, 5) is 0. The molecule has 0 saturated heterocycles. The van der Waals surface area contributed by atoms with Crippen LogP contribution < -0.4 is 0 Å². The van der Waals surface area contributed by atoms with Crippen molar-refractivity contribution < 1.29 is 4.70 Å². The molecular formula is C10H24Cl3FSi. The minimum absolute atomic E-state index is 0. The fraction of sp³-hybridized carbons (Fsp3) is 1.00. The lowest BCUT2D eigenvalue weighted by Crippen LogP contribution is -1.77. The van der Waals surface area contributed by atoms with Crippen molar-refractivity contribution in [3.8, 4) is 0 Å². The van der Waals surface area contributed by atoms with Crippen LogP contribution in [0.5, 0.6) is 0 Å². The summed E-state index contributed by atoms with van der Waals surface area (Å²) in [5, 5.41) is 0. The summed E-state index contributed by atoms with van der Waals surface area (Å²) in [6.45, 7) is 2.82. The van der Waals surface area contributed by atoms with Crippen molar-refractivity contribution in [1.82, 2.24) is 0 Å². The summed E-state index contributed by atoms with van der Waals surface area (Å²) < 4.78 is 0. The minimum Gasteiger partial charge on any atom is -0.269 e. The monoisotopic (exact) mass is 296 g/mol. The Balaban J connectivity index is -0.000000249. The smallest absolute Gasteiger partial charge is 0.269 e. The van der Waals surface area contributed by atoms with E-state index in [0.29, 0.717) is 0 Å². The first-order valence-electron chi connectivity index (χ1n) is 5.57. The molecule has 0 aliphatic heterocycles. The van der Waals surface area contributed by atoms with Crippen molar-refractivity contribution in [2.75, 3.05) is 0 Å². The van der Waals surface area contributed by atoms with Gasteiger partial charge in [-0.25, -0.2) is 0 Å². The van der Waals surface area contributed by atoms with Crippen molar-refractivity contribution in [3.63, 3.8) is 0 Å². The topological polar surface area (TPSA) is 0 Å². The number of hydrogen-bond donors (Lipinski definition) is 0. The Morgan fingerprint density at radius 1 is 0.667 bits per heavy atom. The van der Waals surface area contributed by atoms with Crippen molar-refractivity contribution in [1.29, 1.82) is 0 Å². The molecule has 0 aromatic carbocycles. The maximum atomic E-state index is 4.94. The molecule has 0 atom stereocenters. The summed E-state index contributed by atoms with van der Waals surface area (Å²) in [5.41, 5.74) is 0. The number of rotatable bonds is 7. The van der Waals surface area contributed by atoms with Crippen molar-refractivity contribution in [3.05, 3.63) is 0 Å². The largest absolute Gasteiger partial charge is 0.326 e. The summed E-state index contributed by atoms with van der Waals surface area (Å²) in [5.74, 6) is 0. The van der Waals surface area contributed by atoms with Gasteiger partial charge in [0.1, 0.15) is 0 Å². The highest BCUT2D eigenvalue weighted by Crippen LogP contribution is 2.07. The third kappa shape index (κ3) is 39.6. The van der Waals surface area contributed by atoms with Crippen LogP contribution in [0.3, 0.4) is 0 Å². The molecule has 0 fully saturated rings. The minimum atomic E-state index is -1.72. The van der Waals surface area contributed by atoms with Gasteiger partial charge >= 0.3 is 6.73 Å². The Kier molecular flexibility index (Phi) is 29.0. The van der Waals surface area contributed by atoms with E-state index in [9.17, 15) is 0 Å². The fourth-order valence-electron chi connectivity index (χ4n) is 1.21. The standard InChI is InChI=1S/C10H22.Cl3HSi.FH/c1-3-5-7-9-10-8-6-4-2;1-4(2)3;/h3-10H2,1-2H3;4H;1H. The average molecular weight is 298 g/mol. The second kappa shape index (κ2) is 20.4. The Labute approximate surface area is 110 Å². The van der Waals surface area contributed by atoms with E-state index in [2.05, 4.69) is 13.8 Å². The van der Waals surface area contributed by atoms with E-state index in [1.807, 2.05) is 0 Å². The number of halogens is 4. The number of hydrogen-bond acceptors (Lipinski definition) is 0. The maximum absolute atomic E-state index is 4.94. The number of unbranched alkanes of at least 4 members (excludes halogenated alkanes) is 7. The van der Waals surface area contributed by atoms with Gasteiger partial charge in [0.05, 0.1) is 0 Å². The Hall–Kier alpha value is 1.02. The molecule has 0 radical (unpaired) electrons. The van der Waals surface area contributed by atoms with Crippen molar-refractivity contribution in [2.24, 2.45) is 0 Å². The highest BCUT2D eigenvalue weighted by molar-refractivity contribution is 7.54. The van der Waals surface area contributed by atoms with E-state index in [1.54, 1.807) is 0 Å². The molecule has 0 N–H and O–H groups in total. The van der Waals surface area contributed by atoms with Crippen LogP contribution in [0.15, 0.2) is 0 Å². The predicted octanol–water partition coefficient (Wildman–Crippen LogP) is 5.72. The zero-order valence-electron chi connectivity index (χ0n) is 9.78. The van der Waals surface area contributed by atoms with Gasteiger partial charge in [-0.05, 0) is 0 Å². The SMILES string of the molecule is CCCCCCCCCC.Cl[SiH](Cl)Cl.F. The third-order valence-electron chi connectivity index (χ3n) is 1.96. The quantitative estimate of drug-likeness (QED) is 0.320. The second-order valence-electron chi connectivity index (χ2n) is 3.37. The molecule has 5 heteroatoms. The average Bonchev–Trinajstić information content (AvgIpc) is 2.10. The van der Waals surface area contributed by atoms with Crippen LogP contribution in [-0.4, -0.2) is 6.73 Å². The van der Waals surface area contributed by atoms with Gasteiger partial charge < -0.3 is 0 Å². The van der Waals surface area contributed by atoms with Crippen LogP contribution in [0.25, 0.3) is 0 Å². The van der Waals surface area contributed by atoms with Gasteiger partial charge in [0, 0.05) is 0 Å². The first-order chi connectivity index (χ1) is 6.65. The van der Waals surface area contributed by atoms with Gasteiger partial charge in [-0.2, -0.15) is 0 Å². The van der Waals surface area contributed by atoms with E-state index < -0.39 is 6.73 Å². The Morgan fingerprint density at radius 2 is 0.867 bits per heavy atom. The van der Waals surface area contributed by atoms with Crippen LogP contribution in [0.4, 0.5) is 4.70 Å². The molecule has 0 unspecified atom stereocenters. The van der Waals surface area contributed by atoms with Gasteiger partial charge in [-0.1, -0.05) is 65.2 Å². The predicted molar refractivity (Wildman–Crippen MR) is 75.5 cm³/mol. The summed E-state index contributed by atoms with van der Waals surface area (Å²) in [7, 11) is 0. The van der Waals surface area contributed by atoms with E-state index >= 15 is 0 Å². The fourth-order valence-corrected chi connectivity index (χ4v) is 1.21. The third-order valence-corrected chi connectivity index (χ3v) is 1.96. The molecule has 0 aliphatic rings. The lowest BCUT2D eigenvalue weighted by molar-refractivity contribution is 0.585. The van der Waals surface area contributed by atoms with Gasteiger partial charge in [-0.15, -0.1) is 33.2 Å². The Morgan fingerprint density at radius 3 is 1.07 bits per heavy atom. The van der Waals surface area contributed by atoms with E-state index in [0.717, 1.165) is 0 Å². The van der Waals surface area contributed by atoms with Crippen LogP contribution in [0.1, 0.15) is 65.2 Å². The van der Waals surface area contributed by atoms with Gasteiger partial charge in [0.15, 0.2) is 0 Å². The summed E-state index contributed by atoms with van der Waals surface area (Å²) in [6, 6.07) is 0. The van der Waals surface area contributed by atoms with Gasteiger partial charge in [0.25, 0.3) is 0 Å². The van der Waals surface area contributed by atoms with Crippen molar-refractivity contribution >= 4 is 40.0 Å². The van der Waals surface area contributed by atoms with Crippen LogP contribution in [0.2, 0.25) is 0 Å². The van der Waals surface area contributed by atoms with Crippen LogP contribution in [-0.2, 0) is 0 Å². The van der Waals surface area contributed by atoms with Gasteiger partial charge in [0.2, 0.25) is 0 Å². The first kappa shape index (κ1) is 21.3. The summed E-state index contributed by atoms with van der Waals surface area (Å²) >= 11 is 14.8. The van der Waals surface area contributed by atoms with E-state index in [-0.39, 0.29) is 4.70 Å². The molecule has 0 rings (SSSR count). The van der Waals surface area contributed by atoms with Gasteiger partial charge in [-0.3, -0.25) is 4.70 Å². The molecule has 0 nitrogen and oxygen atoms in total. The maximum Gasteiger partial charge on any atom is 0.326 e. The lowest BCUT2D eigenvalue weighted by Gasteiger charge is -1.97. The molecule has 0 amide bonds. The zero-order chi connectivity index (χ0) is 11.2. The highest BCUT2D eigenvalue weighted by Gasteiger charge is 1.87. The molecule has 0 aliphatic carbocycles. The lowest BCUT2D eigenvalue weighted by atomic mass is 10.1.